The number of phenolic OH excluding ortho intramolecular Hbond substituents is 1. The zero-order valence-corrected chi connectivity index (χ0v) is 22.5. The van der Waals surface area contributed by atoms with E-state index in [2.05, 4.69) is 36.9 Å². The molecule has 1 atom stereocenters. The standard InChI is InChI=1S/C24H20Br2N2O5S/c1-4-33-23(31)19-12(2)27-24-28(20(19)13-5-7-15(25)8-6-13)22(30)18(34-24)10-14-9-16(26)11-17(32-3)21(14)29/h5-11,20,29H,4H2,1-3H3/b18-10-/t20-/m1/s1. The summed E-state index contributed by atoms with van der Waals surface area (Å²) in [5.41, 5.74) is 1.64. The Morgan fingerprint density at radius 1 is 1.24 bits per heavy atom. The van der Waals surface area contributed by atoms with Crippen LogP contribution in [0.2, 0.25) is 0 Å². The maximum absolute atomic E-state index is 13.6. The Labute approximate surface area is 215 Å². The number of thiazole rings is 1. The minimum atomic E-state index is -0.698. The van der Waals surface area contributed by atoms with Crippen LogP contribution in [0, 0.1) is 0 Å². The number of hydrogen-bond donors (Lipinski definition) is 1. The van der Waals surface area contributed by atoms with E-state index in [1.165, 1.54) is 23.0 Å². The van der Waals surface area contributed by atoms with Gasteiger partial charge in [0.2, 0.25) is 0 Å². The van der Waals surface area contributed by atoms with E-state index >= 15 is 0 Å². The maximum atomic E-state index is 13.6. The minimum Gasteiger partial charge on any atom is -0.504 e. The third-order valence-corrected chi connectivity index (χ3v) is 7.25. The van der Waals surface area contributed by atoms with Crippen molar-refractivity contribution in [3.8, 4) is 11.5 Å². The van der Waals surface area contributed by atoms with Gasteiger partial charge in [0, 0.05) is 14.5 Å². The highest BCUT2D eigenvalue weighted by Crippen LogP contribution is 2.34. The second-order valence-electron chi connectivity index (χ2n) is 7.40. The Kier molecular flexibility index (Phi) is 7.11. The lowest BCUT2D eigenvalue weighted by Gasteiger charge is -2.24. The Bertz CT molecular complexity index is 1490. The number of aromatic nitrogens is 1. The van der Waals surface area contributed by atoms with Gasteiger partial charge in [-0.3, -0.25) is 9.36 Å². The highest BCUT2D eigenvalue weighted by atomic mass is 79.9. The molecule has 0 bridgehead atoms. The van der Waals surface area contributed by atoms with Gasteiger partial charge in [-0.15, -0.1) is 0 Å². The molecule has 2 aromatic carbocycles. The zero-order valence-electron chi connectivity index (χ0n) is 18.5. The number of methoxy groups -OCH3 is 1. The van der Waals surface area contributed by atoms with Gasteiger partial charge in [-0.05, 0) is 49.8 Å². The Balaban J connectivity index is 1.97. The highest BCUT2D eigenvalue weighted by molar-refractivity contribution is 9.10. The van der Waals surface area contributed by atoms with Crippen molar-refractivity contribution in [2.45, 2.75) is 19.9 Å². The first-order chi connectivity index (χ1) is 16.2. The zero-order chi connectivity index (χ0) is 24.6. The van der Waals surface area contributed by atoms with Crippen molar-refractivity contribution in [1.82, 2.24) is 4.57 Å². The fourth-order valence-electron chi connectivity index (χ4n) is 3.75. The maximum Gasteiger partial charge on any atom is 0.338 e. The molecule has 0 radical (unpaired) electrons. The summed E-state index contributed by atoms with van der Waals surface area (Å²) < 4.78 is 13.9. The smallest absolute Gasteiger partial charge is 0.338 e. The highest BCUT2D eigenvalue weighted by Gasteiger charge is 2.33. The van der Waals surface area contributed by atoms with Gasteiger partial charge in [-0.1, -0.05) is 55.3 Å². The van der Waals surface area contributed by atoms with E-state index in [1.807, 2.05) is 24.3 Å². The van der Waals surface area contributed by atoms with Gasteiger partial charge in [0.05, 0.1) is 35.6 Å². The third-order valence-electron chi connectivity index (χ3n) is 5.28. The second kappa shape index (κ2) is 9.89. The molecule has 0 saturated carbocycles. The normalized spacial score (nSPS) is 15.7. The minimum absolute atomic E-state index is 0.0793. The van der Waals surface area contributed by atoms with Gasteiger partial charge in [0.25, 0.3) is 5.56 Å². The molecule has 1 aromatic heterocycles. The summed E-state index contributed by atoms with van der Waals surface area (Å²) in [6.07, 6.45) is 1.59. The molecule has 7 nitrogen and oxygen atoms in total. The number of carbonyl (C=O) groups is 1. The van der Waals surface area contributed by atoms with E-state index in [4.69, 9.17) is 9.47 Å². The third kappa shape index (κ3) is 4.49. The Morgan fingerprint density at radius 2 is 1.94 bits per heavy atom. The van der Waals surface area contributed by atoms with Crippen LogP contribution >= 0.6 is 43.2 Å². The van der Waals surface area contributed by atoms with Crippen LogP contribution in [0.25, 0.3) is 6.08 Å². The van der Waals surface area contributed by atoms with Crippen LogP contribution < -0.4 is 19.6 Å². The number of nitrogens with zero attached hydrogens (tertiary/aromatic N) is 2. The summed E-state index contributed by atoms with van der Waals surface area (Å²) in [6, 6.07) is 10.1. The van der Waals surface area contributed by atoms with Crippen molar-refractivity contribution in [1.29, 1.82) is 0 Å². The molecule has 0 aliphatic carbocycles. The fourth-order valence-corrected chi connectivity index (χ4v) is 5.51. The molecule has 1 N–H and O–H groups in total. The molecule has 1 aliphatic heterocycles. The van der Waals surface area contributed by atoms with E-state index in [0.29, 0.717) is 30.6 Å². The molecule has 4 rings (SSSR count). The predicted octanol–water partition coefficient (Wildman–Crippen LogP) is 4.04. The average Bonchev–Trinajstić information content (AvgIpc) is 3.10. The van der Waals surface area contributed by atoms with E-state index in [9.17, 15) is 14.7 Å². The molecular formula is C24H20Br2N2O5S. The lowest BCUT2D eigenvalue weighted by atomic mass is 9.96. The Morgan fingerprint density at radius 3 is 2.59 bits per heavy atom. The lowest BCUT2D eigenvalue weighted by Crippen LogP contribution is -2.39. The number of rotatable bonds is 5. The van der Waals surface area contributed by atoms with Gasteiger partial charge in [0.1, 0.15) is 0 Å². The molecule has 0 amide bonds. The molecule has 10 heteroatoms. The van der Waals surface area contributed by atoms with Crippen molar-refractivity contribution in [3.05, 3.63) is 87.4 Å². The first kappa shape index (κ1) is 24.4. The van der Waals surface area contributed by atoms with Crippen LogP contribution in [0.4, 0.5) is 0 Å². The van der Waals surface area contributed by atoms with E-state index in [-0.39, 0.29) is 23.7 Å². The summed E-state index contributed by atoms with van der Waals surface area (Å²) in [7, 11) is 1.46. The van der Waals surface area contributed by atoms with Crippen molar-refractivity contribution >= 4 is 55.2 Å². The van der Waals surface area contributed by atoms with Crippen molar-refractivity contribution in [3.63, 3.8) is 0 Å². The molecule has 0 spiro atoms. The number of benzene rings is 2. The van der Waals surface area contributed by atoms with Crippen LogP contribution in [-0.4, -0.2) is 29.4 Å². The molecule has 0 unspecified atom stereocenters. The number of halogens is 2. The van der Waals surface area contributed by atoms with Crippen LogP contribution in [0.15, 0.2) is 66.4 Å². The SMILES string of the molecule is CCOC(=O)C1=C(C)N=c2s/c(=C\c3cc(Br)cc(OC)c3O)c(=O)n2[C@@H]1c1ccc(Br)cc1. The molecule has 176 valence electrons. The van der Waals surface area contributed by atoms with Gasteiger partial charge < -0.3 is 14.6 Å². The monoisotopic (exact) mass is 606 g/mol. The molecule has 2 heterocycles. The lowest BCUT2D eigenvalue weighted by molar-refractivity contribution is -0.139. The molecular weight excluding hydrogens is 588 g/mol. The molecule has 0 saturated heterocycles. The Hall–Kier alpha value is -2.69. The summed E-state index contributed by atoms with van der Waals surface area (Å²) in [5, 5.41) is 10.6. The van der Waals surface area contributed by atoms with E-state index < -0.39 is 12.0 Å². The van der Waals surface area contributed by atoms with Crippen LogP contribution in [0.1, 0.15) is 31.0 Å². The number of fused-ring (bicyclic) bond motifs is 1. The number of hydrogen-bond acceptors (Lipinski definition) is 7. The topological polar surface area (TPSA) is 90.1 Å². The average molecular weight is 608 g/mol. The van der Waals surface area contributed by atoms with Gasteiger partial charge in [-0.25, -0.2) is 9.79 Å². The molecule has 3 aromatic rings. The predicted molar refractivity (Wildman–Crippen MR) is 137 cm³/mol. The van der Waals surface area contributed by atoms with Gasteiger partial charge in [0.15, 0.2) is 16.3 Å². The van der Waals surface area contributed by atoms with Crippen molar-refractivity contribution in [2.24, 2.45) is 4.99 Å². The number of esters is 1. The van der Waals surface area contributed by atoms with E-state index in [0.717, 1.165) is 10.0 Å². The number of allylic oxidation sites excluding steroid dienone is 1. The van der Waals surface area contributed by atoms with Crippen LogP contribution in [0.5, 0.6) is 11.5 Å². The molecule has 0 fully saturated rings. The molecule has 34 heavy (non-hydrogen) atoms. The number of carbonyl (C=O) groups excluding carboxylic acids is 1. The second-order valence-corrected chi connectivity index (χ2v) is 10.2. The van der Waals surface area contributed by atoms with Crippen LogP contribution in [0.3, 0.4) is 0 Å². The quantitative estimate of drug-likeness (QED) is 0.442. The van der Waals surface area contributed by atoms with Crippen molar-refractivity contribution < 1.29 is 19.4 Å². The van der Waals surface area contributed by atoms with Crippen molar-refractivity contribution in [2.75, 3.05) is 13.7 Å². The number of phenols is 1. The van der Waals surface area contributed by atoms with Crippen LogP contribution in [-0.2, 0) is 9.53 Å². The fraction of sp³-hybridized carbons (Fsp3) is 0.208. The largest absolute Gasteiger partial charge is 0.504 e. The number of aromatic hydroxyl groups is 1. The van der Waals surface area contributed by atoms with E-state index in [1.54, 1.807) is 32.1 Å². The first-order valence-corrected chi connectivity index (χ1v) is 12.7. The van der Waals surface area contributed by atoms with Gasteiger partial charge in [-0.2, -0.15) is 0 Å². The first-order valence-electron chi connectivity index (χ1n) is 10.3. The molecule has 1 aliphatic rings. The summed E-state index contributed by atoms with van der Waals surface area (Å²) in [4.78, 5) is 31.5. The summed E-state index contributed by atoms with van der Waals surface area (Å²) >= 11 is 8.01. The van der Waals surface area contributed by atoms with Gasteiger partial charge >= 0.3 is 5.97 Å². The summed E-state index contributed by atoms with van der Waals surface area (Å²) in [6.45, 7) is 3.67. The number of ether oxygens (including phenoxy) is 2. The summed E-state index contributed by atoms with van der Waals surface area (Å²) in [5.74, 6) is -0.314.